The van der Waals surface area contributed by atoms with Crippen molar-refractivity contribution in [1.82, 2.24) is 10.6 Å². The van der Waals surface area contributed by atoms with Gasteiger partial charge in [-0.3, -0.25) is 4.79 Å². The van der Waals surface area contributed by atoms with Crippen molar-refractivity contribution in [3.63, 3.8) is 0 Å². The third-order valence-corrected chi connectivity index (χ3v) is 4.68. The summed E-state index contributed by atoms with van der Waals surface area (Å²) in [6.07, 6.45) is -1.12. The Balaban J connectivity index is 2.04. The number of halogens is 5. The molecule has 1 atom stereocenters. The van der Waals surface area contributed by atoms with Gasteiger partial charge in [-0.2, -0.15) is 0 Å². The molecule has 10 heteroatoms. The molecule has 0 saturated carbocycles. The lowest BCUT2D eigenvalue weighted by Gasteiger charge is -2.27. The molecule has 0 bridgehead atoms. The van der Waals surface area contributed by atoms with E-state index in [0.29, 0.717) is 0 Å². The molecule has 0 aliphatic rings. The maximum Gasteiger partial charge on any atom is 0.252 e. The molecular formula is C16H12Cl3FIN3OS. The highest BCUT2D eigenvalue weighted by molar-refractivity contribution is 14.1. The van der Waals surface area contributed by atoms with Crippen molar-refractivity contribution < 1.29 is 9.18 Å². The number of anilines is 1. The van der Waals surface area contributed by atoms with Gasteiger partial charge in [-0.25, -0.2) is 4.39 Å². The Morgan fingerprint density at radius 1 is 1.04 bits per heavy atom. The van der Waals surface area contributed by atoms with Crippen LogP contribution in [0.2, 0.25) is 0 Å². The van der Waals surface area contributed by atoms with Gasteiger partial charge >= 0.3 is 0 Å². The van der Waals surface area contributed by atoms with E-state index in [4.69, 9.17) is 47.0 Å². The molecule has 2 rings (SSSR count). The summed E-state index contributed by atoms with van der Waals surface area (Å²) >= 11 is 25.2. The minimum Gasteiger partial charge on any atom is -0.339 e. The van der Waals surface area contributed by atoms with Gasteiger partial charge in [-0.1, -0.05) is 34.8 Å². The third kappa shape index (κ3) is 6.70. The topological polar surface area (TPSA) is 53.2 Å². The Morgan fingerprint density at radius 2 is 1.62 bits per heavy atom. The highest BCUT2D eigenvalue weighted by Gasteiger charge is 2.34. The van der Waals surface area contributed by atoms with E-state index in [-0.39, 0.29) is 10.7 Å². The molecule has 26 heavy (non-hydrogen) atoms. The zero-order chi connectivity index (χ0) is 19.3. The molecule has 0 aliphatic carbocycles. The Hall–Kier alpha value is -0.870. The van der Waals surface area contributed by atoms with Crippen LogP contribution in [-0.2, 0) is 0 Å². The summed E-state index contributed by atoms with van der Waals surface area (Å²) in [6.45, 7) is 0. The van der Waals surface area contributed by atoms with Crippen molar-refractivity contribution in [2.45, 2.75) is 9.96 Å². The first-order valence-corrected chi connectivity index (χ1v) is 9.73. The smallest absolute Gasteiger partial charge is 0.252 e. The van der Waals surface area contributed by atoms with Crippen molar-refractivity contribution in [3.05, 3.63) is 63.5 Å². The molecule has 138 valence electrons. The fourth-order valence-corrected chi connectivity index (χ4v) is 2.77. The minimum absolute atomic E-state index is 0.155. The van der Waals surface area contributed by atoms with Gasteiger partial charge in [0.1, 0.15) is 12.0 Å². The lowest BCUT2D eigenvalue weighted by Crippen LogP contribution is -2.56. The van der Waals surface area contributed by atoms with Crippen molar-refractivity contribution in [2.24, 2.45) is 0 Å². The van der Waals surface area contributed by atoms with Crippen LogP contribution in [0.3, 0.4) is 0 Å². The second-order valence-electron chi connectivity index (χ2n) is 5.06. The Labute approximate surface area is 183 Å². The zero-order valence-electron chi connectivity index (χ0n) is 12.9. The van der Waals surface area contributed by atoms with Gasteiger partial charge < -0.3 is 16.0 Å². The summed E-state index contributed by atoms with van der Waals surface area (Å²) in [5.41, 5.74) is 0.944. The Morgan fingerprint density at radius 3 is 2.15 bits per heavy atom. The van der Waals surface area contributed by atoms with Gasteiger partial charge in [-0.15, -0.1) is 0 Å². The van der Waals surface area contributed by atoms with Gasteiger partial charge in [0, 0.05) is 14.8 Å². The van der Waals surface area contributed by atoms with Crippen LogP contribution in [-0.4, -0.2) is 21.0 Å². The first-order chi connectivity index (χ1) is 12.1. The van der Waals surface area contributed by atoms with E-state index in [0.717, 1.165) is 21.4 Å². The summed E-state index contributed by atoms with van der Waals surface area (Å²) in [4.78, 5) is 12.3. The Bertz CT molecular complexity index is 785. The van der Waals surface area contributed by atoms with Crippen molar-refractivity contribution in [3.8, 4) is 0 Å². The maximum absolute atomic E-state index is 13.0. The number of amides is 1. The number of nitrogens with one attached hydrogen (secondary N) is 3. The van der Waals surface area contributed by atoms with Crippen LogP contribution in [0, 0.1) is 9.39 Å². The predicted molar refractivity (Wildman–Crippen MR) is 116 cm³/mol. The number of hydrogen-bond acceptors (Lipinski definition) is 2. The molecule has 4 nitrogen and oxygen atoms in total. The highest BCUT2D eigenvalue weighted by Crippen LogP contribution is 2.29. The summed E-state index contributed by atoms with van der Waals surface area (Å²) in [5.74, 6) is -1.01. The van der Waals surface area contributed by atoms with Gasteiger partial charge in [0.25, 0.3) is 5.91 Å². The fraction of sp³-hybridized carbons (Fsp3) is 0.125. The van der Waals surface area contributed by atoms with Crippen molar-refractivity contribution in [1.29, 1.82) is 0 Å². The van der Waals surface area contributed by atoms with Crippen molar-refractivity contribution in [2.75, 3.05) is 5.32 Å². The standard InChI is InChI=1S/C16H12Cl3FIN3OS/c17-16(18,19)14(23-13(25)9-1-3-10(20)4-2-9)24-15(26)22-12-7-5-11(21)6-8-12/h1-8,14H,(H,23,25)(H2,22,24,26)/t14-/m1/s1. The number of carbonyl (C=O) groups excluding carboxylic acids is 1. The molecule has 0 aliphatic heterocycles. The van der Waals surface area contributed by atoms with Crippen LogP contribution in [0.25, 0.3) is 0 Å². The molecule has 0 unspecified atom stereocenters. The number of carbonyl (C=O) groups is 1. The van der Waals surface area contributed by atoms with Gasteiger partial charge in [-0.05, 0) is 83.3 Å². The van der Waals surface area contributed by atoms with Crippen LogP contribution in [0.5, 0.6) is 0 Å². The molecule has 2 aromatic carbocycles. The Kier molecular flexibility index (Phi) is 7.72. The minimum atomic E-state index is -1.88. The van der Waals surface area contributed by atoms with Crippen LogP contribution in [0.15, 0.2) is 48.5 Å². The quantitative estimate of drug-likeness (QED) is 0.222. The first kappa shape index (κ1) is 21.4. The molecule has 0 fully saturated rings. The molecule has 0 aromatic heterocycles. The lowest BCUT2D eigenvalue weighted by molar-refractivity contribution is 0.0934. The normalized spacial score (nSPS) is 12.2. The number of alkyl halides is 3. The van der Waals surface area contributed by atoms with E-state index in [1.807, 2.05) is 24.3 Å². The van der Waals surface area contributed by atoms with E-state index >= 15 is 0 Å². The van der Waals surface area contributed by atoms with Crippen LogP contribution in [0.1, 0.15) is 10.4 Å². The van der Waals surface area contributed by atoms with E-state index in [9.17, 15) is 9.18 Å². The van der Waals surface area contributed by atoms with Gasteiger partial charge in [0.05, 0.1) is 0 Å². The third-order valence-electron chi connectivity index (χ3n) is 3.09. The average molecular weight is 547 g/mol. The molecule has 0 radical (unpaired) electrons. The second-order valence-corrected chi connectivity index (χ2v) is 9.08. The molecule has 1 amide bonds. The summed E-state index contributed by atoms with van der Waals surface area (Å²) in [6, 6.07) is 12.4. The monoisotopic (exact) mass is 545 g/mol. The largest absolute Gasteiger partial charge is 0.339 e. The molecule has 0 saturated heterocycles. The van der Waals surface area contributed by atoms with E-state index in [1.54, 1.807) is 0 Å². The van der Waals surface area contributed by atoms with E-state index < -0.39 is 21.7 Å². The van der Waals surface area contributed by atoms with E-state index in [2.05, 4.69) is 38.5 Å². The van der Waals surface area contributed by atoms with Crippen molar-refractivity contribution >= 4 is 86.3 Å². The molecular weight excluding hydrogens is 535 g/mol. The fourth-order valence-electron chi connectivity index (χ4n) is 1.85. The van der Waals surface area contributed by atoms with Gasteiger partial charge in [0.15, 0.2) is 5.11 Å². The number of benzene rings is 2. The SMILES string of the molecule is O=C(N[C@H](NC(=S)Nc1ccc(I)cc1)C(Cl)(Cl)Cl)c1ccc(F)cc1. The first-order valence-electron chi connectivity index (χ1n) is 7.11. The summed E-state index contributed by atoms with van der Waals surface area (Å²) < 4.78 is 12.2. The average Bonchev–Trinajstić information content (AvgIpc) is 2.56. The molecule has 0 heterocycles. The lowest BCUT2D eigenvalue weighted by atomic mass is 10.2. The molecule has 2 aromatic rings. The number of rotatable bonds is 4. The van der Waals surface area contributed by atoms with Gasteiger partial charge in [0.2, 0.25) is 3.79 Å². The molecule has 3 N–H and O–H groups in total. The molecule has 0 spiro atoms. The number of thiocarbonyl (C=S) groups is 1. The van der Waals surface area contributed by atoms with E-state index in [1.165, 1.54) is 12.1 Å². The summed E-state index contributed by atoms with van der Waals surface area (Å²) in [7, 11) is 0. The zero-order valence-corrected chi connectivity index (χ0v) is 18.1. The highest BCUT2D eigenvalue weighted by atomic mass is 127. The maximum atomic E-state index is 13.0. The van der Waals surface area contributed by atoms with Crippen LogP contribution in [0.4, 0.5) is 10.1 Å². The second kappa shape index (κ2) is 9.36. The van der Waals surface area contributed by atoms with Crippen LogP contribution < -0.4 is 16.0 Å². The predicted octanol–water partition coefficient (Wildman–Crippen LogP) is 4.84. The summed E-state index contributed by atoms with van der Waals surface area (Å²) in [5, 5.41) is 8.36. The number of hydrogen-bond donors (Lipinski definition) is 3. The van der Waals surface area contributed by atoms with Crippen LogP contribution >= 0.6 is 69.6 Å².